The lowest BCUT2D eigenvalue weighted by Gasteiger charge is -2.18. The second-order valence-electron chi connectivity index (χ2n) is 6.38. The van der Waals surface area contributed by atoms with Crippen LogP contribution in [0.15, 0.2) is 71.8 Å². The van der Waals surface area contributed by atoms with Crippen molar-refractivity contribution in [2.24, 2.45) is 0 Å². The Labute approximate surface area is 162 Å². The molecule has 0 spiro atoms. The van der Waals surface area contributed by atoms with Crippen LogP contribution in [0.25, 0.3) is 21.8 Å². The molecule has 0 bridgehead atoms. The van der Waals surface area contributed by atoms with Crippen LogP contribution >= 0.6 is 0 Å². The minimum Gasteiger partial charge on any atom is -0.381 e. The maximum absolute atomic E-state index is 13.2. The molecule has 4 aromatic rings. The highest BCUT2D eigenvalue weighted by Gasteiger charge is 2.23. The van der Waals surface area contributed by atoms with Gasteiger partial charge in [0.15, 0.2) is 0 Å². The minimum atomic E-state index is -3.83. The molecule has 8 heteroatoms. The van der Waals surface area contributed by atoms with Gasteiger partial charge in [-0.3, -0.25) is 4.90 Å². The van der Waals surface area contributed by atoms with Crippen LogP contribution in [-0.2, 0) is 16.6 Å². The number of rotatable bonds is 6. The second-order valence-corrected chi connectivity index (χ2v) is 8.19. The zero-order chi connectivity index (χ0) is 19.7. The predicted octanol–water partition coefficient (Wildman–Crippen LogP) is 2.13. The Morgan fingerprint density at radius 3 is 2.29 bits per heavy atom. The summed E-state index contributed by atoms with van der Waals surface area (Å²) in [4.78, 5) is 6.15. The fourth-order valence-corrected chi connectivity index (χ4v) is 4.68. The van der Waals surface area contributed by atoms with Crippen LogP contribution < -0.4 is 0 Å². The number of pyridine rings is 1. The molecule has 0 radical (unpaired) electrons. The van der Waals surface area contributed by atoms with Gasteiger partial charge in [0.25, 0.3) is 10.0 Å². The van der Waals surface area contributed by atoms with Crippen molar-refractivity contribution in [3.8, 4) is 0 Å². The lowest BCUT2D eigenvalue weighted by molar-refractivity contribution is 0.0229. The van der Waals surface area contributed by atoms with Crippen LogP contribution in [0.4, 0.5) is 0 Å². The lowest BCUT2D eigenvalue weighted by Crippen LogP contribution is -2.26. The maximum atomic E-state index is 13.2. The number of para-hydroxylation sites is 1. The number of fused-ring (bicyclic) bond motifs is 3. The summed E-state index contributed by atoms with van der Waals surface area (Å²) in [6.07, 6.45) is 1.52. The fraction of sp³-hybridized carbons (Fsp3) is 0.150. The van der Waals surface area contributed by atoms with Gasteiger partial charge in [0.05, 0.1) is 35.1 Å². The molecule has 2 aromatic heterocycles. The maximum Gasteiger partial charge on any atom is 0.268 e. The third kappa shape index (κ3) is 3.06. The highest BCUT2D eigenvalue weighted by molar-refractivity contribution is 7.90. The first-order chi connectivity index (χ1) is 13.6. The topological polar surface area (TPSA) is 95.7 Å². The highest BCUT2D eigenvalue weighted by Crippen LogP contribution is 2.30. The molecule has 0 saturated heterocycles. The van der Waals surface area contributed by atoms with Crippen LogP contribution in [0.2, 0.25) is 0 Å². The van der Waals surface area contributed by atoms with E-state index < -0.39 is 10.0 Å². The van der Waals surface area contributed by atoms with E-state index in [0.717, 1.165) is 16.3 Å². The lowest BCUT2D eigenvalue weighted by atomic mass is 10.1. The summed E-state index contributed by atoms with van der Waals surface area (Å²) < 4.78 is 27.7. The predicted molar refractivity (Wildman–Crippen MR) is 106 cm³/mol. The molecule has 0 aliphatic heterocycles. The number of hydrogen-bond donors (Lipinski definition) is 2. The number of hydrogen-bond acceptors (Lipinski definition) is 6. The number of nitrogens with zero attached hydrogens (tertiary/aromatic N) is 3. The highest BCUT2D eigenvalue weighted by atomic mass is 32.2. The van der Waals surface area contributed by atoms with Crippen molar-refractivity contribution >= 4 is 31.8 Å². The van der Waals surface area contributed by atoms with E-state index in [0.29, 0.717) is 11.2 Å². The van der Waals surface area contributed by atoms with Gasteiger partial charge < -0.3 is 10.2 Å². The van der Waals surface area contributed by atoms with E-state index >= 15 is 0 Å². The summed E-state index contributed by atoms with van der Waals surface area (Å²) in [6, 6.07) is 17.4. The molecule has 0 aliphatic rings. The van der Waals surface area contributed by atoms with Gasteiger partial charge in [0, 0.05) is 23.5 Å². The zero-order valence-electron chi connectivity index (χ0n) is 14.9. The molecule has 2 N–H and O–H groups in total. The molecule has 7 nitrogen and oxygen atoms in total. The molecule has 0 fully saturated rings. The van der Waals surface area contributed by atoms with Crippen molar-refractivity contribution in [1.29, 1.82) is 0 Å². The molecule has 0 saturated carbocycles. The number of aliphatic hydroxyl groups excluding tert-OH is 2. The summed E-state index contributed by atoms with van der Waals surface area (Å²) >= 11 is 0. The Hall–Kier alpha value is -2.78. The average molecular weight is 397 g/mol. The van der Waals surface area contributed by atoms with Crippen molar-refractivity contribution in [2.75, 3.05) is 13.5 Å². The fourth-order valence-electron chi connectivity index (χ4n) is 3.28. The Morgan fingerprint density at radius 1 is 0.893 bits per heavy atom. The van der Waals surface area contributed by atoms with Crippen molar-refractivity contribution in [3.05, 3.63) is 72.6 Å². The van der Waals surface area contributed by atoms with Gasteiger partial charge >= 0.3 is 0 Å². The van der Waals surface area contributed by atoms with Gasteiger partial charge in [-0.1, -0.05) is 36.4 Å². The van der Waals surface area contributed by atoms with Crippen molar-refractivity contribution < 1.29 is 18.6 Å². The van der Waals surface area contributed by atoms with Crippen molar-refractivity contribution in [1.82, 2.24) is 13.9 Å². The summed E-state index contributed by atoms with van der Waals surface area (Å²) in [5, 5.41) is 20.5. The van der Waals surface area contributed by atoms with Gasteiger partial charge in [0.2, 0.25) is 0 Å². The molecule has 144 valence electrons. The molecule has 28 heavy (non-hydrogen) atoms. The second kappa shape index (κ2) is 7.33. The Balaban J connectivity index is 2.02. The van der Waals surface area contributed by atoms with Crippen LogP contribution in [-0.4, -0.2) is 45.9 Å². The van der Waals surface area contributed by atoms with E-state index in [4.69, 9.17) is 0 Å². The molecular weight excluding hydrogens is 378 g/mol. The Morgan fingerprint density at radius 2 is 1.57 bits per heavy atom. The van der Waals surface area contributed by atoms with E-state index in [1.807, 2.05) is 24.3 Å². The minimum absolute atomic E-state index is 0.0999. The van der Waals surface area contributed by atoms with Gasteiger partial charge in [-0.25, -0.2) is 17.4 Å². The molecule has 0 atom stereocenters. The Bertz CT molecular complexity index is 1230. The van der Waals surface area contributed by atoms with E-state index in [9.17, 15) is 18.6 Å². The third-order valence-electron chi connectivity index (χ3n) is 4.65. The monoisotopic (exact) mass is 397 g/mol. The van der Waals surface area contributed by atoms with Crippen LogP contribution in [0, 0.1) is 0 Å². The van der Waals surface area contributed by atoms with Crippen LogP contribution in [0.3, 0.4) is 0 Å². The summed E-state index contributed by atoms with van der Waals surface area (Å²) in [5.74, 6) is 0. The standard InChI is InChI=1S/C20H19N3O4S/c24-13-22(14-25)12-19-20-17(16-8-4-5-9-18(16)21-19)10-11-23(20)28(26,27)15-6-2-1-3-7-15/h1-11,24-25H,12-14H2. The summed E-state index contributed by atoms with van der Waals surface area (Å²) in [7, 11) is -3.83. The molecule has 0 amide bonds. The molecule has 2 aromatic carbocycles. The first kappa shape index (κ1) is 18.6. The van der Waals surface area contributed by atoms with E-state index in [-0.39, 0.29) is 24.9 Å². The molecular formula is C20H19N3O4S. The first-order valence-electron chi connectivity index (χ1n) is 8.69. The largest absolute Gasteiger partial charge is 0.381 e. The zero-order valence-corrected chi connectivity index (χ0v) is 15.7. The van der Waals surface area contributed by atoms with Crippen molar-refractivity contribution in [3.63, 3.8) is 0 Å². The normalized spacial score (nSPS) is 12.2. The molecule has 0 unspecified atom stereocenters. The van der Waals surface area contributed by atoms with Gasteiger partial charge in [0.1, 0.15) is 0 Å². The SMILES string of the molecule is O=S(=O)(c1ccccc1)n1ccc2c3ccccc3nc(CN(CO)CO)c21. The van der Waals surface area contributed by atoms with Crippen molar-refractivity contribution in [2.45, 2.75) is 11.4 Å². The summed E-state index contributed by atoms with van der Waals surface area (Å²) in [6.45, 7) is -0.653. The van der Waals surface area contributed by atoms with Crippen LogP contribution in [0.1, 0.15) is 5.69 Å². The molecule has 2 heterocycles. The van der Waals surface area contributed by atoms with E-state index in [1.54, 1.807) is 36.4 Å². The first-order valence-corrected chi connectivity index (χ1v) is 10.1. The Kier molecular flexibility index (Phi) is 4.86. The van der Waals surface area contributed by atoms with Gasteiger partial charge in [-0.15, -0.1) is 0 Å². The summed E-state index contributed by atoms with van der Waals surface area (Å²) in [5.41, 5.74) is 1.62. The smallest absolute Gasteiger partial charge is 0.268 e. The van der Waals surface area contributed by atoms with Crippen LogP contribution in [0.5, 0.6) is 0 Å². The van der Waals surface area contributed by atoms with E-state index in [1.165, 1.54) is 15.1 Å². The third-order valence-corrected chi connectivity index (χ3v) is 6.34. The molecule has 0 aliphatic carbocycles. The number of aromatic nitrogens is 2. The van der Waals surface area contributed by atoms with Gasteiger partial charge in [-0.05, 0) is 24.3 Å². The quantitative estimate of drug-likeness (QED) is 0.484. The van der Waals surface area contributed by atoms with Gasteiger partial charge in [-0.2, -0.15) is 0 Å². The molecule has 4 rings (SSSR count). The number of aliphatic hydroxyl groups is 2. The average Bonchev–Trinajstić information content (AvgIpc) is 3.19. The number of benzene rings is 2. The van der Waals surface area contributed by atoms with E-state index in [2.05, 4.69) is 4.98 Å².